The number of rotatable bonds is 5. The number of nitrogens with zero attached hydrogens (tertiary/aromatic N) is 3. The minimum absolute atomic E-state index is 0.110. The molecule has 2 aromatic rings. The first-order valence-electron chi connectivity index (χ1n) is 8.33. The molecule has 0 saturated carbocycles. The fourth-order valence-electron chi connectivity index (χ4n) is 3.14. The van der Waals surface area contributed by atoms with Gasteiger partial charge in [-0.3, -0.25) is 14.3 Å². The summed E-state index contributed by atoms with van der Waals surface area (Å²) in [5.74, 6) is 0.707. The number of hydrogen-bond acceptors (Lipinski definition) is 3. The van der Waals surface area contributed by atoms with Crippen molar-refractivity contribution in [2.75, 3.05) is 18.4 Å². The Hall–Kier alpha value is -2.15. The number of hydrogen-bond donors (Lipinski definition) is 1. The zero-order chi connectivity index (χ0) is 18.0. The Balaban J connectivity index is 1.74. The van der Waals surface area contributed by atoms with Gasteiger partial charge in [0.05, 0.1) is 5.69 Å². The third-order valence-corrected chi connectivity index (χ3v) is 4.92. The molecule has 1 aliphatic heterocycles. The van der Waals surface area contributed by atoms with E-state index in [2.05, 4.69) is 26.3 Å². The zero-order valence-corrected chi connectivity index (χ0v) is 16.0. The maximum absolute atomic E-state index is 12.4. The summed E-state index contributed by atoms with van der Waals surface area (Å²) in [5, 5.41) is 7.40. The van der Waals surface area contributed by atoms with Gasteiger partial charge >= 0.3 is 0 Å². The second kappa shape index (κ2) is 7.39. The number of amides is 2. The lowest BCUT2D eigenvalue weighted by molar-refractivity contribution is -0.128. The van der Waals surface area contributed by atoms with Crippen LogP contribution in [0.3, 0.4) is 0 Å². The molecule has 2 heterocycles. The first kappa shape index (κ1) is 17.7. The van der Waals surface area contributed by atoms with Crippen molar-refractivity contribution in [1.82, 2.24) is 14.7 Å². The van der Waals surface area contributed by atoms with Crippen LogP contribution in [0.5, 0.6) is 0 Å². The topological polar surface area (TPSA) is 67.2 Å². The van der Waals surface area contributed by atoms with E-state index >= 15 is 0 Å². The summed E-state index contributed by atoms with van der Waals surface area (Å²) in [6, 6.07) is 7.91. The lowest BCUT2D eigenvalue weighted by Crippen LogP contribution is -2.29. The van der Waals surface area contributed by atoms with Crippen molar-refractivity contribution in [3.8, 4) is 11.1 Å². The van der Waals surface area contributed by atoms with E-state index in [1.165, 1.54) is 0 Å². The maximum Gasteiger partial charge on any atom is 0.227 e. The van der Waals surface area contributed by atoms with Crippen molar-refractivity contribution in [3.05, 3.63) is 34.4 Å². The number of aryl methyl sites for hydroxylation is 2. The Morgan fingerprint density at radius 3 is 2.68 bits per heavy atom. The van der Waals surface area contributed by atoms with E-state index in [4.69, 9.17) is 0 Å². The molecule has 1 saturated heterocycles. The average molecular weight is 405 g/mol. The molecule has 1 fully saturated rings. The van der Waals surface area contributed by atoms with Gasteiger partial charge < -0.3 is 10.2 Å². The van der Waals surface area contributed by atoms with E-state index in [-0.39, 0.29) is 18.2 Å². The van der Waals surface area contributed by atoms with Crippen LogP contribution in [-0.4, -0.2) is 39.6 Å². The molecule has 132 valence electrons. The molecule has 0 radical (unpaired) electrons. The quantitative estimate of drug-likeness (QED) is 0.832. The van der Waals surface area contributed by atoms with Crippen molar-refractivity contribution in [1.29, 1.82) is 0 Å². The van der Waals surface area contributed by atoms with E-state index in [1.807, 2.05) is 38.2 Å². The molecular weight excluding hydrogens is 384 g/mol. The molecule has 1 aliphatic rings. The van der Waals surface area contributed by atoms with E-state index in [0.29, 0.717) is 18.8 Å². The van der Waals surface area contributed by atoms with Crippen molar-refractivity contribution in [3.63, 3.8) is 0 Å². The molecule has 0 atom stereocenters. The predicted octanol–water partition coefficient (Wildman–Crippen LogP) is 3.11. The average Bonchev–Trinajstić information content (AvgIpc) is 3.10. The Labute approximate surface area is 155 Å². The van der Waals surface area contributed by atoms with Crippen molar-refractivity contribution >= 4 is 33.6 Å². The second-order valence-corrected chi connectivity index (χ2v) is 7.14. The van der Waals surface area contributed by atoms with E-state index in [0.717, 1.165) is 34.3 Å². The molecule has 25 heavy (non-hydrogen) atoms. The summed E-state index contributed by atoms with van der Waals surface area (Å²) >= 11 is 3.44. The first-order chi connectivity index (χ1) is 12.0. The van der Waals surface area contributed by atoms with Gasteiger partial charge in [-0.1, -0.05) is 28.1 Å². The Bertz CT molecular complexity index is 798. The monoisotopic (exact) mass is 404 g/mol. The molecule has 1 N–H and O–H groups in total. The summed E-state index contributed by atoms with van der Waals surface area (Å²) < 4.78 is 2.68. The van der Waals surface area contributed by atoms with Crippen molar-refractivity contribution in [2.24, 2.45) is 7.05 Å². The summed E-state index contributed by atoms with van der Waals surface area (Å²) in [5.41, 5.74) is 2.77. The number of anilines is 1. The van der Waals surface area contributed by atoms with Crippen molar-refractivity contribution < 1.29 is 9.59 Å². The smallest absolute Gasteiger partial charge is 0.227 e. The van der Waals surface area contributed by atoms with E-state index < -0.39 is 0 Å². The molecule has 0 aliphatic carbocycles. The van der Waals surface area contributed by atoms with Crippen LogP contribution in [0.2, 0.25) is 0 Å². The van der Waals surface area contributed by atoms with Gasteiger partial charge in [-0.25, -0.2) is 0 Å². The minimum atomic E-state index is -0.110. The van der Waals surface area contributed by atoms with Crippen LogP contribution in [0.1, 0.15) is 25.0 Å². The first-order valence-corrected chi connectivity index (χ1v) is 9.12. The highest BCUT2D eigenvalue weighted by Crippen LogP contribution is 2.32. The molecule has 3 rings (SSSR count). The Morgan fingerprint density at radius 2 is 2.04 bits per heavy atom. The van der Waals surface area contributed by atoms with Gasteiger partial charge in [0.25, 0.3) is 0 Å². The predicted molar refractivity (Wildman–Crippen MR) is 100 cm³/mol. The fraction of sp³-hybridized carbons (Fsp3) is 0.389. The maximum atomic E-state index is 12.4. The molecule has 0 bridgehead atoms. The molecule has 7 heteroatoms. The van der Waals surface area contributed by atoms with Gasteiger partial charge in [-0.2, -0.15) is 5.10 Å². The minimum Gasteiger partial charge on any atom is -0.342 e. The highest BCUT2D eigenvalue weighted by Gasteiger charge is 2.22. The molecule has 1 aromatic carbocycles. The number of benzene rings is 1. The Kier molecular flexibility index (Phi) is 5.22. The van der Waals surface area contributed by atoms with Crippen LogP contribution in [0.15, 0.2) is 28.7 Å². The van der Waals surface area contributed by atoms with Gasteiger partial charge in [0.15, 0.2) is 0 Å². The number of nitrogens with one attached hydrogen (secondary N) is 1. The largest absolute Gasteiger partial charge is 0.342 e. The highest BCUT2D eigenvalue weighted by molar-refractivity contribution is 9.10. The molecule has 6 nitrogen and oxygen atoms in total. The van der Waals surface area contributed by atoms with Crippen LogP contribution >= 0.6 is 15.9 Å². The number of aromatic nitrogens is 2. The molecule has 1 aromatic heterocycles. The number of carbonyl (C=O) groups excluding carboxylic acids is 2. The van der Waals surface area contributed by atoms with Gasteiger partial charge in [0.1, 0.15) is 5.82 Å². The van der Waals surface area contributed by atoms with Crippen LogP contribution < -0.4 is 5.32 Å². The van der Waals surface area contributed by atoms with Crippen LogP contribution in [0.4, 0.5) is 5.82 Å². The standard InChI is InChI=1S/C18H21BrN4O2/c1-12-17(13-5-7-14(19)8-6-13)18(22(2)21-12)20-15(24)9-11-23-10-3-4-16(23)25/h5-8H,3-4,9-11H2,1-2H3,(H,20,24). The van der Waals surface area contributed by atoms with Crippen LogP contribution in [-0.2, 0) is 16.6 Å². The fourth-order valence-corrected chi connectivity index (χ4v) is 3.40. The summed E-state index contributed by atoms with van der Waals surface area (Å²) in [7, 11) is 1.81. The van der Waals surface area contributed by atoms with Gasteiger partial charge in [0, 0.05) is 43.0 Å². The number of carbonyl (C=O) groups is 2. The molecule has 0 spiro atoms. The van der Waals surface area contributed by atoms with Crippen LogP contribution in [0.25, 0.3) is 11.1 Å². The zero-order valence-electron chi connectivity index (χ0n) is 14.4. The lowest BCUT2D eigenvalue weighted by Gasteiger charge is -2.15. The number of likely N-dealkylation sites (tertiary alicyclic amines) is 1. The summed E-state index contributed by atoms with van der Waals surface area (Å²) in [6.07, 6.45) is 1.76. The molecule has 0 unspecified atom stereocenters. The van der Waals surface area contributed by atoms with Crippen LogP contribution in [0, 0.1) is 6.92 Å². The Morgan fingerprint density at radius 1 is 1.32 bits per heavy atom. The van der Waals surface area contributed by atoms with E-state index in [1.54, 1.807) is 9.58 Å². The third-order valence-electron chi connectivity index (χ3n) is 4.39. The summed E-state index contributed by atoms with van der Waals surface area (Å²) in [6.45, 7) is 3.14. The van der Waals surface area contributed by atoms with Gasteiger partial charge in [-0.15, -0.1) is 0 Å². The second-order valence-electron chi connectivity index (χ2n) is 6.22. The highest BCUT2D eigenvalue weighted by atomic mass is 79.9. The SMILES string of the molecule is Cc1nn(C)c(NC(=O)CCN2CCCC2=O)c1-c1ccc(Br)cc1. The summed E-state index contributed by atoms with van der Waals surface area (Å²) in [4.78, 5) is 25.8. The molecular formula is C18H21BrN4O2. The van der Waals surface area contributed by atoms with Gasteiger partial charge in [-0.05, 0) is 31.0 Å². The normalized spacial score (nSPS) is 14.2. The third kappa shape index (κ3) is 3.92. The lowest BCUT2D eigenvalue weighted by atomic mass is 10.1. The van der Waals surface area contributed by atoms with Gasteiger partial charge in [0.2, 0.25) is 11.8 Å². The number of halogens is 1. The van der Waals surface area contributed by atoms with Crippen molar-refractivity contribution in [2.45, 2.75) is 26.2 Å². The van der Waals surface area contributed by atoms with E-state index in [9.17, 15) is 9.59 Å². The molecule has 2 amide bonds.